The van der Waals surface area contributed by atoms with Crippen LogP contribution in [-0.4, -0.2) is 33.3 Å². The van der Waals surface area contributed by atoms with Gasteiger partial charge in [-0.3, -0.25) is 4.79 Å². The predicted octanol–water partition coefficient (Wildman–Crippen LogP) is 3.07. The molecule has 2 aromatic carbocycles. The maximum absolute atomic E-state index is 12.6. The molecule has 1 aliphatic rings. The fourth-order valence-corrected chi connectivity index (χ4v) is 3.72. The number of fused-ring (bicyclic) bond motifs is 1. The van der Waals surface area contributed by atoms with E-state index in [9.17, 15) is 4.79 Å². The smallest absolute Gasteiger partial charge is 0.314 e. The summed E-state index contributed by atoms with van der Waals surface area (Å²) in [7, 11) is 4.69. The first-order valence-corrected chi connectivity index (χ1v) is 8.78. The summed E-state index contributed by atoms with van der Waals surface area (Å²) in [5.74, 6) is 0.793. The number of nitrogens with one attached hydrogen (secondary N) is 1. The second-order valence-corrected chi connectivity index (χ2v) is 6.38. The molecule has 138 valence electrons. The second kappa shape index (κ2) is 8.23. The summed E-state index contributed by atoms with van der Waals surface area (Å²) < 4.78 is 16.1. The summed E-state index contributed by atoms with van der Waals surface area (Å²) in [6, 6.07) is 14.0. The molecule has 0 saturated carbocycles. The van der Waals surface area contributed by atoms with Crippen LogP contribution in [0.25, 0.3) is 0 Å². The van der Waals surface area contributed by atoms with Gasteiger partial charge in [0.05, 0.1) is 27.2 Å². The van der Waals surface area contributed by atoms with Gasteiger partial charge >= 0.3 is 5.97 Å². The maximum Gasteiger partial charge on any atom is 0.314 e. The molecule has 0 fully saturated rings. The molecule has 0 heterocycles. The van der Waals surface area contributed by atoms with Crippen LogP contribution >= 0.6 is 0 Å². The molecule has 2 atom stereocenters. The van der Waals surface area contributed by atoms with E-state index in [0.29, 0.717) is 18.0 Å². The molecule has 5 nitrogen and oxygen atoms in total. The molecule has 3 rings (SSSR count). The van der Waals surface area contributed by atoms with Crippen LogP contribution < -0.4 is 14.8 Å². The zero-order valence-corrected chi connectivity index (χ0v) is 15.5. The predicted molar refractivity (Wildman–Crippen MR) is 99.7 cm³/mol. The minimum Gasteiger partial charge on any atom is -0.493 e. The van der Waals surface area contributed by atoms with Crippen LogP contribution in [0.5, 0.6) is 11.5 Å². The topological polar surface area (TPSA) is 56.8 Å². The third kappa shape index (κ3) is 3.53. The highest BCUT2D eigenvalue weighted by molar-refractivity contribution is 5.81. The molecule has 0 spiro atoms. The zero-order chi connectivity index (χ0) is 18.5. The van der Waals surface area contributed by atoms with Gasteiger partial charge in [-0.15, -0.1) is 0 Å². The van der Waals surface area contributed by atoms with Crippen LogP contribution in [0.3, 0.4) is 0 Å². The Morgan fingerprint density at radius 3 is 2.50 bits per heavy atom. The Bertz CT molecular complexity index is 760. The first-order chi connectivity index (χ1) is 12.7. The zero-order valence-electron chi connectivity index (χ0n) is 15.5. The van der Waals surface area contributed by atoms with E-state index in [1.807, 2.05) is 30.3 Å². The lowest BCUT2D eigenvalue weighted by molar-refractivity contribution is -0.143. The standard InChI is InChI=1S/C21H25NO4/c1-24-18-12-10-15-16(20(18)25-2)9-11-17(19(15)21(23)26-3)22-13-14-7-5-4-6-8-14/h4-8,10,12,17,19,22H,9,11,13H2,1-3H3/t17?,19-/m0/s1. The van der Waals surface area contributed by atoms with Crippen molar-refractivity contribution in [2.75, 3.05) is 21.3 Å². The lowest BCUT2D eigenvalue weighted by Crippen LogP contribution is -2.42. The number of carbonyl (C=O) groups excluding carboxylic acids is 1. The number of ether oxygens (including phenoxy) is 3. The Morgan fingerprint density at radius 1 is 1.08 bits per heavy atom. The van der Waals surface area contributed by atoms with E-state index >= 15 is 0 Å². The molecule has 0 aliphatic heterocycles. The van der Waals surface area contributed by atoms with Crippen molar-refractivity contribution in [2.45, 2.75) is 31.3 Å². The van der Waals surface area contributed by atoms with Gasteiger partial charge in [-0.05, 0) is 30.0 Å². The number of hydrogen-bond acceptors (Lipinski definition) is 5. The molecule has 0 aromatic heterocycles. The average Bonchev–Trinajstić information content (AvgIpc) is 2.70. The summed E-state index contributed by atoms with van der Waals surface area (Å²) in [5.41, 5.74) is 3.17. The molecule has 0 radical (unpaired) electrons. The fraction of sp³-hybridized carbons (Fsp3) is 0.381. The third-order valence-electron chi connectivity index (χ3n) is 4.99. The number of rotatable bonds is 6. The summed E-state index contributed by atoms with van der Waals surface area (Å²) in [6.07, 6.45) is 1.64. The van der Waals surface area contributed by atoms with Crippen LogP contribution in [0.15, 0.2) is 42.5 Å². The summed E-state index contributed by atoms with van der Waals surface area (Å²) in [4.78, 5) is 12.6. The van der Waals surface area contributed by atoms with Crippen molar-refractivity contribution in [3.05, 3.63) is 59.2 Å². The van der Waals surface area contributed by atoms with Crippen molar-refractivity contribution in [1.29, 1.82) is 0 Å². The van der Waals surface area contributed by atoms with Crippen LogP contribution in [0, 0.1) is 0 Å². The van der Waals surface area contributed by atoms with E-state index in [1.165, 1.54) is 12.7 Å². The van der Waals surface area contributed by atoms with Crippen LogP contribution in [0.1, 0.15) is 29.0 Å². The molecule has 2 aromatic rings. The Balaban J connectivity index is 1.90. The van der Waals surface area contributed by atoms with E-state index < -0.39 is 0 Å². The SMILES string of the molecule is COC(=O)[C@H]1c2ccc(OC)c(OC)c2CCC1NCc1ccccc1. The molecular weight excluding hydrogens is 330 g/mol. The lowest BCUT2D eigenvalue weighted by atomic mass is 9.78. The molecule has 5 heteroatoms. The highest BCUT2D eigenvalue weighted by Gasteiger charge is 2.37. The largest absolute Gasteiger partial charge is 0.493 e. The van der Waals surface area contributed by atoms with E-state index in [-0.39, 0.29) is 17.9 Å². The second-order valence-electron chi connectivity index (χ2n) is 6.38. The Labute approximate surface area is 154 Å². The quantitative estimate of drug-likeness (QED) is 0.807. The molecule has 1 aliphatic carbocycles. The van der Waals surface area contributed by atoms with E-state index in [4.69, 9.17) is 14.2 Å². The third-order valence-corrected chi connectivity index (χ3v) is 4.99. The summed E-state index contributed by atoms with van der Waals surface area (Å²) in [5, 5.41) is 3.54. The number of methoxy groups -OCH3 is 3. The molecule has 0 bridgehead atoms. The molecular formula is C21H25NO4. The van der Waals surface area contributed by atoms with Crippen molar-refractivity contribution < 1.29 is 19.0 Å². The molecule has 1 unspecified atom stereocenters. The van der Waals surface area contributed by atoms with Gasteiger partial charge < -0.3 is 19.5 Å². The van der Waals surface area contributed by atoms with E-state index in [2.05, 4.69) is 17.4 Å². The van der Waals surface area contributed by atoms with Crippen LogP contribution in [-0.2, 0) is 22.5 Å². The van der Waals surface area contributed by atoms with Gasteiger partial charge in [0, 0.05) is 18.2 Å². The minimum atomic E-state index is -0.368. The molecule has 1 N–H and O–H groups in total. The van der Waals surface area contributed by atoms with Crippen molar-refractivity contribution in [2.24, 2.45) is 0 Å². The highest BCUT2D eigenvalue weighted by atomic mass is 16.5. The Morgan fingerprint density at radius 2 is 1.85 bits per heavy atom. The van der Waals surface area contributed by atoms with Gasteiger partial charge in [-0.2, -0.15) is 0 Å². The number of esters is 1. The number of hydrogen-bond donors (Lipinski definition) is 1. The van der Waals surface area contributed by atoms with Crippen molar-refractivity contribution >= 4 is 5.97 Å². The first kappa shape index (κ1) is 18.3. The molecule has 0 amide bonds. The average molecular weight is 355 g/mol. The first-order valence-electron chi connectivity index (χ1n) is 8.78. The molecule has 26 heavy (non-hydrogen) atoms. The highest BCUT2D eigenvalue weighted by Crippen LogP contribution is 2.42. The van der Waals surface area contributed by atoms with Crippen molar-refractivity contribution in [3.63, 3.8) is 0 Å². The number of carbonyl (C=O) groups is 1. The van der Waals surface area contributed by atoms with Gasteiger partial charge in [0.15, 0.2) is 11.5 Å². The fourth-order valence-electron chi connectivity index (χ4n) is 3.72. The van der Waals surface area contributed by atoms with Gasteiger partial charge in [0.1, 0.15) is 0 Å². The lowest BCUT2D eigenvalue weighted by Gasteiger charge is -2.33. The maximum atomic E-state index is 12.6. The van der Waals surface area contributed by atoms with Crippen LogP contribution in [0.2, 0.25) is 0 Å². The van der Waals surface area contributed by atoms with Crippen LogP contribution in [0.4, 0.5) is 0 Å². The minimum absolute atomic E-state index is 0.00765. The van der Waals surface area contributed by atoms with Crippen molar-refractivity contribution in [3.8, 4) is 11.5 Å². The Hall–Kier alpha value is -2.53. The van der Waals surface area contributed by atoms with Gasteiger partial charge in [-0.25, -0.2) is 0 Å². The van der Waals surface area contributed by atoms with E-state index in [1.54, 1.807) is 14.2 Å². The van der Waals surface area contributed by atoms with E-state index in [0.717, 1.165) is 24.0 Å². The normalized spacial score (nSPS) is 18.7. The van der Waals surface area contributed by atoms with Gasteiger partial charge in [0.25, 0.3) is 0 Å². The van der Waals surface area contributed by atoms with Gasteiger partial charge in [0.2, 0.25) is 0 Å². The molecule has 0 saturated heterocycles. The van der Waals surface area contributed by atoms with Crippen molar-refractivity contribution in [1.82, 2.24) is 5.32 Å². The summed E-state index contributed by atoms with van der Waals surface area (Å²) in [6.45, 7) is 0.710. The number of benzene rings is 2. The van der Waals surface area contributed by atoms with Gasteiger partial charge in [-0.1, -0.05) is 36.4 Å². The monoisotopic (exact) mass is 355 g/mol. The Kier molecular flexibility index (Phi) is 5.78. The summed E-state index contributed by atoms with van der Waals surface area (Å²) >= 11 is 0.